The molecule has 0 radical (unpaired) electrons. The molecule has 2 atom stereocenters. The highest BCUT2D eigenvalue weighted by atomic mass is 19.1. The van der Waals surface area contributed by atoms with Crippen molar-refractivity contribution in [2.75, 3.05) is 33.0 Å². The summed E-state index contributed by atoms with van der Waals surface area (Å²) in [7, 11) is 0. The smallest absolute Gasteiger partial charge is 0.308 e. The summed E-state index contributed by atoms with van der Waals surface area (Å²) in [6.07, 6.45) is 1.82. The van der Waals surface area contributed by atoms with E-state index in [1.54, 1.807) is 39.0 Å². The van der Waals surface area contributed by atoms with Crippen molar-refractivity contribution in [3.63, 3.8) is 0 Å². The Morgan fingerprint density at radius 3 is 1.54 bits per heavy atom. The third kappa shape index (κ3) is 14.1. The van der Waals surface area contributed by atoms with Crippen LogP contribution in [0.15, 0.2) is 36.4 Å². The molecule has 20 heteroatoms. The van der Waals surface area contributed by atoms with Gasteiger partial charge in [-0.2, -0.15) is 0 Å². The molecule has 4 aliphatic rings. The van der Waals surface area contributed by atoms with E-state index in [0.29, 0.717) is 50.3 Å². The van der Waals surface area contributed by atoms with Crippen molar-refractivity contribution >= 4 is 59.2 Å². The minimum absolute atomic E-state index is 0.0340. The molecule has 0 spiro atoms. The molecule has 4 heterocycles. The molecule has 2 fully saturated rings. The number of amides is 8. The number of esters is 2. The Kier molecular flexibility index (Phi) is 17.9. The number of benzene rings is 2. The molecule has 8 amide bonds. The molecule has 6 rings (SSSR count). The van der Waals surface area contributed by atoms with Crippen LogP contribution in [0, 0.1) is 5.82 Å². The van der Waals surface area contributed by atoms with Crippen molar-refractivity contribution in [3.05, 3.63) is 70.0 Å². The van der Waals surface area contributed by atoms with Crippen LogP contribution >= 0.6 is 0 Å². The van der Waals surface area contributed by atoms with E-state index in [9.17, 15) is 52.3 Å². The van der Waals surface area contributed by atoms with Crippen molar-refractivity contribution in [1.29, 1.82) is 0 Å². The second-order valence-electron chi connectivity index (χ2n) is 17.2. The molecule has 2 aromatic carbocycles. The maximum Gasteiger partial charge on any atom is 0.308 e. The van der Waals surface area contributed by atoms with E-state index in [2.05, 4.69) is 10.6 Å². The molecule has 0 bridgehead atoms. The first kappa shape index (κ1) is 51.4. The van der Waals surface area contributed by atoms with Gasteiger partial charge in [-0.3, -0.25) is 68.4 Å². The Labute approximate surface area is 375 Å². The molecular formula is C45H56FN5O14. The van der Waals surface area contributed by atoms with Gasteiger partial charge in [0.1, 0.15) is 29.1 Å². The standard InChI is InChI=1S/C23H28N2O7.C13H9FN2O4.C9H19NO3/c1-23(2,3)32-18(27)11-13-31-12-5-7-14-6-4-8-15-19(14)22(30)25(21(15)29)16-9-10-17(26)24-20(16)28;14-7-3-1-2-6-10(7)13(20)16(12(6)19)8-4-5-9(17)15-11(8)18;1-9(2,3)13-8(11)4-6-12-7-5-10/h4,6,8,16H,5,7,9-13H2,1-3H3,(H,24,26,28);1-3,8H,4-5H2,(H,15,17,18);4-7,10H2,1-3H3. The maximum absolute atomic E-state index is 13.7. The number of nitrogens with zero attached hydrogens (tertiary/aromatic N) is 2. The zero-order chi connectivity index (χ0) is 48.2. The van der Waals surface area contributed by atoms with Gasteiger partial charge >= 0.3 is 11.9 Å². The van der Waals surface area contributed by atoms with Crippen LogP contribution in [0.25, 0.3) is 0 Å². The number of rotatable bonds is 14. The van der Waals surface area contributed by atoms with Gasteiger partial charge in [-0.1, -0.05) is 18.2 Å². The van der Waals surface area contributed by atoms with Crippen molar-refractivity contribution in [1.82, 2.24) is 20.4 Å². The molecule has 4 aliphatic heterocycles. The quantitative estimate of drug-likeness (QED) is 0.140. The number of aryl methyl sites for hydroxylation is 1. The van der Waals surface area contributed by atoms with Gasteiger partial charge in [-0.15, -0.1) is 0 Å². The van der Waals surface area contributed by atoms with E-state index in [1.165, 1.54) is 12.1 Å². The third-order valence-corrected chi connectivity index (χ3v) is 9.71. The lowest BCUT2D eigenvalue weighted by Crippen LogP contribution is -2.54. The number of nitrogens with two attached hydrogens (primary N) is 1. The van der Waals surface area contributed by atoms with Gasteiger partial charge in [0.15, 0.2) is 0 Å². The summed E-state index contributed by atoms with van der Waals surface area (Å²) in [6, 6.07) is 6.75. The van der Waals surface area contributed by atoms with Crippen LogP contribution < -0.4 is 16.4 Å². The van der Waals surface area contributed by atoms with Gasteiger partial charge in [0.25, 0.3) is 23.6 Å². The lowest BCUT2D eigenvalue weighted by molar-refractivity contribution is -0.157. The average Bonchev–Trinajstić information content (AvgIpc) is 3.62. The lowest BCUT2D eigenvalue weighted by atomic mass is 9.99. The zero-order valence-corrected chi connectivity index (χ0v) is 37.4. The van der Waals surface area contributed by atoms with Crippen LogP contribution in [0.1, 0.15) is 133 Å². The van der Waals surface area contributed by atoms with Crippen LogP contribution in [-0.2, 0) is 54.1 Å². The first-order valence-electron chi connectivity index (χ1n) is 21.2. The first-order chi connectivity index (χ1) is 30.5. The number of carbonyl (C=O) groups is 10. The molecule has 4 N–H and O–H groups in total. The Morgan fingerprint density at radius 1 is 0.646 bits per heavy atom. The molecule has 352 valence electrons. The Balaban J connectivity index is 0.000000238. The number of piperidine rings is 2. The molecule has 19 nitrogen and oxygen atoms in total. The minimum Gasteiger partial charge on any atom is -0.460 e. The summed E-state index contributed by atoms with van der Waals surface area (Å²) in [6.45, 7) is 12.9. The Morgan fingerprint density at radius 2 is 1.09 bits per heavy atom. The van der Waals surface area contributed by atoms with Gasteiger partial charge in [0.05, 0.1) is 54.9 Å². The fourth-order valence-corrected chi connectivity index (χ4v) is 7.02. The Bertz CT molecular complexity index is 2200. The summed E-state index contributed by atoms with van der Waals surface area (Å²) in [5.41, 5.74) is 5.16. The number of carbonyl (C=O) groups excluding carboxylic acids is 10. The van der Waals surface area contributed by atoms with Crippen LogP contribution in [-0.4, -0.2) is 125 Å². The van der Waals surface area contributed by atoms with Crippen LogP contribution in [0.5, 0.6) is 0 Å². The van der Waals surface area contributed by atoms with Gasteiger partial charge in [0.2, 0.25) is 23.6 Å². The van der Waals surface area contributed by atoms with Crippen molar-refractivity contribution in [2.45, 2.75) is 116 Å². The van der Waals surface area contributed by atoms with Crippen LogP contribution in [0.4, 0.5) is 4.39 Å². The SMILES string of the molecule is CC(C)(C)OC(=O)CCOCCCc1cccc2c1C(=O)N(C1CCC(=O)NC1=O)C2=O.CC(C)(C)OC(=O)CCOCCN.O=C1CCC(N2C(=O)c3cccc(F)c3C2=O)C(=O)N1. The summed E-state index contributed by atoms with van der Waals surface area (Å²) in [5, 5.41) is 4.26. The van der Waals surface area contributed by atoms with Crippen LogP contribution in [0.2, 0.25) is 0 Å². The summed E-state index contributed by atoms with van der Waals surface area (Å²) < 4.78 is 34.5. The van der Waals surface area contributed by atoms with E-state index >= 15 is 0 Å². The predicted octanol–water partition coefficient (Wildman–Crippen LogP) is 2.69. The Hall–Kier alpha value is -6.25. The first-order valence-corrected chi connectivity index (χ1v) is 21.2. The molecule has 0 saturated carbocycles. The van der Waals surface area contributed by atoms with Crippen molar-refractivity contribution in [3.8, 4) is 0 Å². The topological polar surface area (TPSA) is 264 Å². The van der Waals surface area contributed by atoms with Crippen LogP contribution in [0.3, 0.4) is 0 Å². The van der Waals surface area contributed by atoms with E-state index in [-0.39, 0.29) is 73.8 Å². The van der Waals surface area contributed by atoms with E-state index in [1.807, 2.05) is 20.8 Å². The van der Waals surface area contributed by atoms with Gasteiger partial charge in [-0.05, 0) is 91.0 Å². The molecule has 0 aromatic heterocycles. The minimum atomic E-state index is -1.07. The highest BCUT2D eigenvalue weighted by Gasteiger charge is 2.47. The number of halogens is 1. The van der Waals surface area contributed by atoms with E-state index in [0.717, 1.165) is 15.9 Å². The number of fused-ring (bicyclic) bond motifs is 2. The number of imide groups is 4. The maximum atomic E-state index is 13.7. The molecule has 2 saturated heterocycles. The van der Waals surface area contributed by atoms with Gasteiger partial charge < -0.3 is 24.7 Å². The molecule has 0 aliphatic carbocycles. The molecule has 65 heavy (non-hydrogen) atoms. The largest absolute Gasteiger partial charge is 0.460 e. The number of nitrogens with one attached hydrogen (secondary N) is 2. The van der Waals surface area contributed by atoms with Gasteiger partial charge in [-0.25, -0.2) is 4.39 Å². The summed E-state index contributed by atoms with van der Waals surface area (Å²) >= 11 is 0. The number of hydrogen-bond donors (Lipinski definition) is 3. The molecule has 2 unspecified atom stereocenters. The fourth-order valence-electron chi connectivity index (χ4n) is 7.02. The normalized spacial score (nSPS) is 18.2. The molecule has 2 aromatic rings. The van der Waals surface area contributed by atoms with Gasteiger partial charge in [0, 0.05) is 26.0 Å². The highest BCUT2D eigenvalue weighted by molar-refractivity contribution is 6.24. The fraction of sp³-hybridized carbons (Fsp3) is 0.511. The van der Waals surface area contributed by atoms with Crippen molar-refractivity contribution in [2.24, 2.45) is 5.73 Å². The number of hydrogen-bond acceptors (Lipinski definition) is 15. The van der Waals surface area contributed by atoms with E-state index in [4.69, 9.17) is 24.7 Å². The second kappa shape index (κ2) is 22.6. The average molecular weight is 910 g/mol. The van der Waals surface area contributed by atoms with Crippen molar-refractivity contribution < 1.29 is 71.3 Å². The van der Waals surface area contributed by atoms with E-state index < -0.39 is 76.4 Å². The predicted molar refractivity (Wildman–Crippen MR) is 226 cm³/mol. The highest BCUT2D eigenvalue weighted by Crippen LogP contribution is 2.31. The summed E-state index contributed by atoms with van der Waals surface area (Å²) in [4.78, 5) is 121. The third-order valence-electron chi connectivity index (χ3n) is 9.71. The zero-order valence-electron chi connectivity index (χ0n) is 37.4. The second-order valence-corrected chi connectivity index (χ2v) is 17.2. The summed E-state index contributed by atoms with van der Waals surface area (Å²) in [5.74, 6) is -6.13. The number of ether oxygens (including phenoxy) is 4. The molecular weight excluding hydrogens is 854 g/mol. The lowest BCUT2D eigenvalue weighted by Gasteiger charge is -2.27. The monoisotopic (exact) mass is 909 g/mol.